The van der Waals surface area contributed by atoms with Crippen molar-refractivity contribution >= 4 is 16.8 Å². The van der Waals surface area contributed by atoms with Crippen molar-refractivity contribution in [2.24, 2.45) is 0 Å². The summed E-state index contributed by atoms with van der Waals surface area (Å²) >= 11 is 0. The Morgan fingerprint density at radius 2 is 2.12 bits per heavy atom. The van der Waals surface area contributed by atoms with Gasteiger partial charge in [0.1, 0.15) is 0 Å². The minimum Gasteiger partial charge on any atom is -0.468 e. The third-order valence-corrected chi connectivity index (χ3v) is 5.22. The Kier molecular flexibility index (Phi) is 6.77. The topological polar surface area (TPSA) is 102 Å². The number of hydrogen-bond donors (Lipinski definition) is 2. The largest absolute Gasteiger partial charge is 0.468 e. The maximum Gasteiger partial charge on any atom is 0.422 e. The lowest BCUT2D eigenvalue weighted by atomic mass is 10.1. The monoisotopic (exact) mass is 463 g/mol. The van der Waals surface area contributed by atoms with Gasteiger partial charge in [0, 0.05) is 42.7 Å². The number of halogens is 3. The lowest BCUT2D eigenvalue weighted by molar-refractivity contribution is -0.154. The molecule has 4 rings (SSSR count). The molecule has 1 aliphatic carbocycles. The molecule has 0 spiro atoms. The maximum absolute atomic E-state index is 12.5. The average Bonchev–Trinajstić information content (AvgIpc) is 3.52. The van der Waals surface area contributed by atoms with Crippen molar-refractivity contribution in [3.05, 3.63) is 47.5 Å². The van der Waals surface area contributed by atoms with Gasteiger partial charge in [0.15, 0.2) is 6.61 Å². The van der Waals surface area contributed by atoms with Gasteiger partial charge >= 0.3 is 6.18 Å². The number of rotatable bonds is 10. The summed E-state index contributed by atoms with van der Waals surface area (Å²) in [6.45, 7) is -0.604. The van der Waals surface area contributed by atoms with E-state index in [2.05, 4.69) is 20.4 Å². The minimum absolute atomic E-state index is 0.00757. The first-order valence-corrected chi connectivity index (χ1v) is 10.7. The number of fused-ring (bicyclic) bond motifs is 1. The van der Waals surface area contributed by atoms with E-state index in [1.165, 1.54) is 6.20 Å². The lowest BCUT2D eigenvalue weighted by Crippen LogP contribution is -2.26. The molecule has 8 nitrogen and oxygen atoms in total. The predicted octanol–water partition coefficient (Wildman–Crippen LogP) is 2.73. The number of amides is 1. The van der Waals surface area contributed by atoms with Crippen molar-refractivity contribution in [3.63, 3.8) is 0 Å². The summed E-state index contributed by atoms with van der Waals surface area (Å²) in [5.74, 6) is 0.00402. The van der Waals surface area contributed by atoms with E-state index in [-0.39, 0.29) is 30.7 Å². The van der Waals surface area contributed by atoms with Gasteiger partial charge in [-0.1, -0.05) is 0 Å². The number of pyridine rings is 2. The Morgan fingerprint density at radius 3 is 2.85 bits per heavy atom. The fourth-order valence-electron chi connectivity index (χ4n) is 3.54. The first-order valence-electron chi connectivity index (χ1n) is 10.7. The molecule has 1 fully saturated rings. The van der Waals surface area contributed by atoms with Crippen LogP contribution in [0.2, 0.25) is 0 Å². The zero-order chi connectivity index (χ0) is 23.4. The molecule has 3 aromatic rings. The van der Waals surface area contributed by atoms with Crippen molar-refractivity contribution in [3.8, 4) is 5.88 Å². The van der Waals surface area contributed by atoms with Gasteiger partial charge in [-0.3, -0.25) is 14.5 Å². The van der Waals surface area contributed by atoms with Crippen LogP contribution in [0.15, 0.2) is 30.7 Å². The van der Waals surface area contributed by atoms with E-state index >= 15 is 0 Å². The molecule has 0 saturated heterocycles. The molecule has 176 valence electrons. The molecule has 0 aromatic carbocycles. The van der Waals surface area contributed by atoms with Gasteiger partial charge in [-0.25, -0.2) is 4.98 Å². The Morgan fingerprint density at radius 1 is 1.30 bits per heavy atom. The second kappa shape index (κ2) is 9.74. The number of carbonyl (C=O) groups is 1. The molecule has 1 aliphatic rings. The number of aliphatic hydroxyl groups is 1. The second-order valence-corrected chi connectivity index (χ2v) is 8.04. The van der Waals surface area contributed by atoms with E-state index in [1.807, 2.05) is 6.07 Å². The number of nitrogens with one attached hydrogen (secondary N) is 1. The summed E-state index contributed by atoms with van der Waals surface area (Å²) in [6.07, 6.45) is 2.84. The minimum atomic E-state index is -4.42. The van der Waals surface area contributed by atoms with E-state index in [9.17, 15) is 18.0 Å². The maximum atomic E-state index is 12.5. The van der Waals surface area contributed by atoms with Crippen molar-refractivity contribution in [1.82, 2.24) is 25.1 Å². The van der Waals surface area contributed by atoms with Gasteiger partial charge < -0.3 is 15.2 Å². The normalized spacial score (nSPS) is 13.9. The van der Waals surface area contributed by atoms with E-state index in [0.717, 1.165) is 23.8 Å². The third kappa shape index (κ3) is 6.19. The van der Waals surface area contributed by atoms with E-state index in [4.69, 9.17) is 9.84 Å². The summed E-state index contributed by atoms with van der Waals surface area (Å²) in [7, 11) is 0. The molecule has 3 heterocycles. The van der Waals surface area contributed by atoms with Crippen LogP contribution in [0, 0.1) is 0 Å². The number of ether oxygens (including phenoxy) is 1. The highest BCUT2D eigenvalue weighted by atomic mass is 19.4. The summed E-state index contributed by atoms with van der Waals surface area (Å²) in [4.78, 5) is 20.6. The molecule has 1 amide bonds. The SMILES string of the molecule is O=C(Cc1nccc2nn(Cc3cnc(OCC(F)(F)F)c(C4CC4)c3)cc12)NCCCO. The van der Waals surface area contributed by atoms with Crippen LogP contribution in [0.25, 0.3) is 10.9 Å². The molecule has 0 bridgehead atoms. The van der Waals surface area contributed by atoms with Crippen LogP contribution >= 0.6 is 0 Å². The highest BCUT2D eigenvalue weighted by molar-refractivity contribution is 5.86. The van der Waals surface area contributed by atoms with Gasteiger partial charge in [0.2, 0.25) is 11.8 Å². The van der Waals surface area contributed by atoms with Crippen molar-refractivity contribution in [2.75, 3.05) is 19.8 Å². The zero-order valence-electron chi connectivity index (χ0n) is 17.8. The number of aliphatic hydroxyl groups excluding tert-OH is 1. The van der Waals surface area contributed by atoms with Crippen molar-refractivity contribution in [1.29, 1.82) is 0 Å². The zero-order valence-corrected chi connectivity index (χ0v) is 17.8. The molecule has 11 heteroatoms. The molecule has 0 atom stereocenters. The van der Waals surface area contributed by atoms with Gasteiger partial charge in [-0.15, -0.1) is 0 Å². The van der Waals surface area contributed by atoms with Crippen LogP contribution in [0.3, 0.4) is 0 Å². The molecule has 0 radical (unpaired) electrons. The predicted molar refractivity (Wildman–Crippen MR) is 113 cm³/mol. The average molecular weight is 463 g/mol. The summed E-state index contributed by atoms with van der Waals surface area (Å²) in [5, 5.41) is 16.8. The summed E-state index contributed by atoms with van der Waals surface area (Å²) in [6, 6.07) is 3.58. The molecular formula is C22H24F3N5O3. The van der Waals surface area contributed by atoms with Crippen LogP contribution < -0.4 is 10.1 Å². The number of aromatic nitrogens is 4. The van der Waals surface area contributed by atoms with Crippen molar-refractivity contribution in [2.45, 2.75) is 44.3 Å². The van der Waals surface area contributed by atoms with Gasteiger partial charge in [0.25, 0.3) is 0 Å². The standard InChI is InChI=1S/C22H24F3N5O3/c23-22(24,25)13-33-21-16(15-2-3-15)8-14(10-28-21)11-30-12-17-18(29-30)4-6-26-19(17)9-20(32)27-5-1-7-31/h4,6,8,10,12,15,31H,1-3,5,7,9,11,13H2,(H,27,32). The fraction of sp³-hybridized carbons (Fsp3) is 0.455. The number of nitrogens with zero attached hydrogens (tertiary/aromatic N) is 4. The smallest absolute Gasteiger partial charge is 0.422 e. The molecule has 1 saturated carbocycles. The number of hydrogen-bond acceptors (Lipinski definition) is 6. The van der Waals surface area contributed by atoms with E-state index < -0.39 is 12.8 Å². The molecule has 0 aliphatic heterocycles. The first kappa shape index (κ1) is 23.0. The Balaban J connectivity index is 1.49. The van der Waals surface area contributed by atoms with Crippen LogP contribution in [0.1, 0.15) is 42.0 Å². The summed E-state index contributed by atoms with van der Waals surface area (Å²) < 4.78 is 44.3. The van der Waals surface area contributed by atoms with E-state index in [1.54, 1.807) is 23.1 Å². The van der Waals surface area contributed by atoms with E-state index in [0.29, 0.717) is 36.3 Å². The third-order valence-electron chi connectivity index (χ3n) is 5.22. The molecular weight excluding hydrogens is 439 g/mol. The number of alkyl halides is 3. The summed E-state index contributed by atoms with van der Waals surface area (Å²) in [5.41, 5.74) is 2.76. The highest BCUT2D eigenvalue weighted by Crippen LogP contribution is 2.44. The van der Waals surface area contributed by atoms with Crippen LogP contribution in [0.5, 0.6) is 5.88 Å². The quantitative estimate of drug-likeness (QED) is 0.449. The first-order chi connectivity index (χ1) is 15.8. The molecule has 0 unspecified atom stereocenters. The van der Waals surface area contributed by atoms with Crippen LogP contribution in [-0.2, 0) is 17.8 Å². The lowest BCUT2D eigenvalue weighted by Gasteiger charge is -2.13. The van der Waals surface area contributed by atoms with Crippen molar-refractivity contribution < 1.29 is 27.8 Å². The Hall–Kier alpha value is -3.21. The highest BCUT2D eigenvalue weighted by Gasteiger charge is 2.32. The molecule has 2 N–H and O–H groups in total. The molecule has 33 heavy (non-hydrogen) atoms. The molecule has 3 aromatic heterocycles. The second-order valence-electron chi connectivity index (χ2n) is 8.04. The Labute approximate surface area is 187 Å². The van der Waals surface area contributed by atoms with Gasteiger partial charge in [0.05, 0.1) is 24.2 Å². The van der Waals surface area contributed by atoms with Gasteiger partial charge in [-0.05, 0) is 42.9 Å². The number of carbonyl (C=O) groups excluding carboxylic acids is 1. The fourth-order valence-corrected chi connectivity index (χ4v) is 3.54. The van der Waals surface area contributed by atoms with Gasteiger partial charge in [-0.2, -0.15) is 18.3 Å². The van der Waals surface area contributed by atoms with Crippen LogP contribution in [-0.4, -0.2) is 56.7 Å². The Bertz CT molecular complexity index is 1130. The van der Waals surface area contributed by atoms with Crippen LogP contribution in [0.4, 0.5) is 13.2 Å².